The molecule has 10 heteroatoms. The van der Waals surface area contributed by atoms with Crippen LogP contribution in [0, 0.1) is 20.8 Å². The van der Waals surface area contributed by atoms with Gasteiger partial charge in [-0.05, 0) is 44.5 Å². The highest BCUT2D eigenvalue weighted by molar-refractivity contribution is 5.75. The summed E-state index contributed by atoms with van der Waals surface area (Å²) in [6.45, 7) is 6.20. The van der Waals surface area contributed by atoms with Gasteiger partial charge in [0.1, 0.15) is 18.2 Å². The van der Waals surface area contributed by atoms with Gasteiger partial charge < -0.3 is 16.0 Å². The molecule has 0 unspecified atom stereocenters. The van der Waals surface area contributed by atoms with E-state index in [0.29, 0.717) is 41.8 Å². The minimum absolute atomic E-state index is 0.0693. The lowest BCUT2D eigenvalue weighted by Crippen LogP contribution is -2.35. The molecule has 0 aromatic carbocycles. The summed E-state index contributed by atoms with van der Waals surface area (Å²) in [5, 5.41) is 17.1. The fourth-order valence-corrected chi connectivity index (χ4v) is 2.56. The van der Waals surface area contributed by atoms with E-state index in [1.165, 1.54) is 10.9 Å². The standard InChI is InChI=1S/C20H24N8O2/c1-13-4-5-16(23-10-13)25-18-7-6-17(26-27-18)21-8-9-22-19(29)11-28-12-24-15(3)14(2)20(28)30/h4-7,10,12H,8-9,11H2,1-3H3,(H,21,26)(H,22,29)(H,23,25,27). The molecule has 156 valence electrons. The maximum absolute atomic E-state index is 12.1. The Morgan fingerprint density at radius 3 is 2.40 bits per heavy atom. The van der Waals surface area contributed by atoms with Gasteiger partial charge in [-0.15, -0.1) is 10.2 Å². The monoisotopic (exact) mass is 408 g/mol. The molecule has 0 bridgehead atoms. The molecular weight excluding hydrogens is 384 g/mol. The molecule has 0 aliphatic rings. The molecule has 0 atom stereocenters. The number of aryl methyl sites for hydroxylation is 2. The SMILES string of the molecule is Cc1ccc(Nc2ccc(NCCNC(=O)Cn3cnc(C)c(C)c3=O)nn2)nc1. The van der Waals surface area contributed by atoms with E-state index in [1.807, 2.05) is 19.1 Å². The van der Waals surface area contributed by atoms with Crippen molar-refractivity contribution in [3.05, 3.63) is 64.0 Å². The normalized spacial score (nSPS) is 10.5. The summed E-state index contributed by atoms with van der Waals surface area (Å²) in [6.07, 6.45) is 3.16. The predicted molar refractivity (Wildman–Crippen MR) is 114 cm³/mol. The molecule has 3 heterocycles. The van der Waals surface area contributed by atoms with E-state index < -0.39 is 0 Å². The van der Waals surface area contributed by atoms with E-state index in [2.05, 4.69) is 36.1 Å². The number of carbonyl (C=O) groups is 1. The lowest BCUT2D eigenvalue weighted by atomic mass is 10.3. The highest BCUT2D eigenvalue weighted by Crippen LogP contribution is 2.12. The second kappa shape index (κ2) is 9.59. The van der Waals surface area contributed by atoms with Crippen LogP contribution in [0.2, 0.25) is 0 Å². The van der Waals surface area contributed by atoms with Gasteiger partial charge in [-0.3, -0.25) is 14.2 Å². The van der Waals surface area contributed by atoms with Crippen molar-refractivity contribution in [2.45, 2.75) is 27.3 Å². The van der Waals surface area contributed by atoms with Crippen LogP contribution < -0.4 is 21.5 Å². The number of anilines is 3. The van der Waals surface area contributed by atoms with E-state index in [9.17, 15) is 9.59 Å². The van der Waals surface area contributed by atoms with Crippen LogP contribution in [0.3, 0.4) is 0 Å². The largest absolute Gasteiger partial charge is 0.367 e. The summed E-state index contributed by atoms with van der Waals surface area (Å²) in [7, 11) is 0. The van der Waals surface area contributed by atoms with Crippen molar-refractivity contribution in [3.8, 4) is 0 Å². The van der Waals surface area contributed by atoms with Gasteiger partial charge in [0.15, 0.2) is 5.82 Å². The summed E-state index contributed by atoms with van der Waals surface area (Å²) in [5.41, 5.74) is 2.08. The zero-order valence-electron chi connectivity index (χ0n) is 17.1. The second-order valence-corrected chi connectivity index (χ2v) is 6.81. The van der Waals surface area contributed by atoms with E-state index in [1.54, 1.807) is 32.2 Å². The molecule has 3 rings (SSSR count). The van der Waals surface area contributed by atoms with Crippen LogP contribution in [0.5, 0.6) is 0 Å². The summed E-state index contributed by atoms with van der Waals surface area (Å²) >= 11 is 0. The third-order valence-corrected chi connectivity index (χ3v) is 4.41. The minimum atomic E-state index is -0.264. The summed E-state index contributed by atoms with van der Waals surface area (Å²) < 4.78 is 1.30. The van der Waals surface area contributed by atoms with Gasteiger partial charge in [-0.2, -0.15) is 0 Å². The molecule has 3 aromatic heterocycles. The Balaban J connectivity index is 1.42. The molecule has 0 saturated heterocycles. The topological polar surface area (TPSA) is 127 Å². The van der Waals surface area contributed by atoms with Gasteiger partial charge >= 0.3 is 0 Å². The Labute approximate surface area is 173 Å². The Morgan fingerprint density at radius 1 is 0.967 bits per heavy atom. The molecule has 0 radical (unpaired) electrons. The fraction of sp³-hybridized carbons (Fsp3) is 0.300. The number of nitrogens with zero attached hydrogens (tertiary/aromatic N) is 5. The van der Waals surface area contributed by atoms with Gasteiger partial charge in [0, 0.05) is 30.5 Å². The number of nitrogens with one attached hydrogen (secondary N) is 3. The molecule has 0 fully saturated rings. The van der Waals surface area contributed by atoms with Crippen molar-refractivity contribution in [3.63, 3.8) is 0 Å². The van der Waals surface area contributed by atoms with Crippen molar-refractivity contribution >= 4 is 23.4 Å². The number of aromatic nitrogens is 5. The van der Waals surface area contributed by atoms with E-state index in [0.717, 1.165) is 5.56 Å². The first-order valence-electron chi connectivity index (χ1n) is 9.49. The quantitative estimate of drug-likeness (QED) is 0.477. The van der Waals surface area contributed by atoms with E-state index in [4.69, 9.17) is 0 Å². The number of rotatable bonds is 8. The van der Waals surface area contributed by atoms with Gasteiger partial charge in [-0.1, -0.05) is 6.07 Å². The first kappa shape index (κ1) is 20.9. The molecule has 0 saturated carbocycles. The van der Waals surface area contributed by atoms with Gasteiger partial charge in [0.25, 0.3) is 5.56 Å². The van der Waals surface area contributed by atoms with Crippen LogP contribution in [0.25, 0.3) is 0 Å². The second-order valence-electron chi connectivity index (χ2n) is 6.81. The van der Waals surface area contributed by atoms with Crippen LogP contribution in [0.4, 0.5) is 17.5 Å². The average molecular weight is 408 g/mol. The molecular formula is C20H24N8O2. The molecule has 0 aliphatic carbocycles. The van der Waals surface area contributed by atoms with E-state index in [-0.39, 0.29) is 18.0 Å². The Hall–Kier alpha value is -3.82. The summed E-state index contributed by atoms with van der Waals surface area (Å²) in [5.74, 6) is 1.59. The molecule has 10 nitrogen and oxygen atoms in total. The Morgan fingerprint density at radius 2 is 1.70 bits per heavy atom. The van der Waals surface area contributed by atoms with Crippen LogP contribution in [-0.4, -0.2) is 43.7 Å². The molecule has 30 heavy (non-hydrogen) atoms. The molecule has 1 amide bonds. The third kappa shape index (κ3) is 5.60. The number of amides is 1. The van der Waals surface area contributed by atoms with Crippen LogP contribution in [-0.2, 0) is 11.3 Å². The van der Waals surface area contributed by atoms with Crippen molar-refractivity contribution < 1.29 is 4.79 Å². The zero-order valence-corrected chi connectivity index (χ0v) is 17.1. The maximum atomic E-state index is 12.1. The van der Waals surface area contributed by atoms with Crippen LogP contribution in [0.1, 0.15) is 16.8 Å². The highest BCUT2D eigenvalue weighted by Gasteiger charge is 2.08. The third-order valence-electron chi connectivity index (χ3n) is 4.41. The highest BCUT2D eigenvalue weighted by atomic mass is 16.2. The Bertz CT molecular complexity index is 1060. The van der Waals surface area contributed by atoms with E-state index >= 15 is 0 Å². The smallest absolute Gasteiger partial charge is 0.256 e. The average Bonchev–Trinajstić information content (AvgIpc) is 2.74. The summed E-state index contributed by atoms with van der Waals surface area (Å²) in [6, 6.07) is 7.40. The number of hydrogen-bond acceptors (Lipinski definition) is 8. The van der Waals surface area contributed by atoms with Gasteiger partial charge in [-0.25, -0.2) is 9.97 Å². The Kier molecular flexibility index (Phi) is 6.68. The van der Waals surface area contributed by atoms with Gasteiger partial charge in [0.2, 0.25) is 5.91 Å². The predicted octanol–water partition coefficient (Wildman–Crippen LogP) is 1.33. The fourth-order valence-electron chi connectivity index (χ4n) is 2.56. The molecule has 3 N–H and O–H groups in total. The lowest BCUT2D eigenvalue weighted by molar-refractivity contribution is -0.121. The molecule has 3 aromatic rings. The number of carbonyl (C=O) groups excluding carboxylic acids is 1. The molecule has 0 aliphatic heterocycles. The van der Waals surface area contributed by atoms with Crippen LogP contribution >= 0.6 is 0 Å². The zero-order chi connectivity index (χ0) is 21.5. The minimum Gasteiger partial charge on any atom is -0.367 e. The lowest BCUT2D eigenvalue weighted by Gasteiger charge is -2.10. The van der Waals surface area contributed by atoms with Crippen molar-refractivity contribution in [2.75, 3.05) is 23.7 Å². The van der Waals surface area contributed by atoms with Crippen molar-refractivity contribution in [1.29, 1.82) is 0 Å². The van der Waals surface area contributed by atoms with Gasteiger partial charge in [0.05, 0.1) is 6.33 Å². The maximum Gasteiger partial charge on any atom is 0.256 e. The van der Waals surface area contributed by atoms with Crippen LogP contribution in [0.15, 0.2) is 41.6 Å². The number of pyridine rings is 1. The first-order chi connectivity index (χ1) is 14.4. The van der Waals surface area contributed by atoms with Crippen molar-refractivity contribution in [1.82, 2.24) is 30.0 Å². The number of hydrogen-bond donors (Lipinski definition) is 3. The first-order valence-corrected chi connectivity index (χ1v) is 9.49. The molecule has 0 spiro atoms. The van der Waals surface area contributed by atoms with Crippen molar-refractivity contribution in [2.24, 2.45) is 0 Å². The summed E-state index contributed by atoms with van der Waals surface area (Å²) in [4.78, 5) is 32.5.